The van der Waals surface area contributed by atoms with Crippen molar-refractivity contribution in [1.29, 1.82) is 0 Å². The molecule has 0 aliphatic carbocycles. The summed E-state index contributed by atoms with van der Waals surface area (Å²) in [5.41, 5.74) is 0. The standard InChI is InChI=1S/C6H14O5P/c1-2-4-11-6(7)3-5-12(8,9)10/h2,6-10H,1,3-5H2/q+1. The first kappa shape index (κ1) is 12.0. The summed E-state index contributed by atoms with van der Waals surface area (Å²) >= 11 is 0. The Bertz CT molecular complexity index is 132. The van der Waals surface area contributed by atoms with Crippen LogP contribution in [0, 0.1) is 0 Å². The maximum atomic E-state index is 8.96. The zero-order valence-corrected chi connectivity index (χ0v) is 7.52. The van der Waals surface area contributed by atoms with E-state index in [4.69, 9.17) is 24.5 Å². The normalized spacial score (nSPS) is 14.3. The summed E-state index contributed by atoms with van der Waals surface area (Å²) in [6.45, 7) is 3.55. The van der Waals surface area contributed by atoms with Gasteiger partial charge in [0.15, 0.2) is 6.29 Å². The topological polar surface area (TPSA) is 90.2 Å². The van der Waals surface area contributed by atoms with Gasteiger partial charge in [-0.2, -0.15) is 14.7 Å². The van der Waals surface area contributed by atoms with E-state index >= 15 is 0 Å². The lowest BCUT2D eigenvalue weighted by Gasteiger charge is -2.10. The van der Waals surface area contributed by atoms with E-state index in [-0.39, 0.29) is 19.2 Å². The number of hydrogen-bond acceptors (Lipinski definition) is 5. The Kier molecular flexibility index (Phi) is 5.57. The van der Waals surface area contributed by atoms with E-state index in [0.29, 0.717) is 0 Å². The van der Waals surface area contributed by atoms with Crippen molar-refractivity contribution in [3.63, 3.8) is 0 Å². The van der Waals surface area contributed by atoms with E-state index < -0.39 is 14.2 Å². The highest BCUT2D eigenvalue weighted by Crippen LogP contribution is 2.45. The summed E-state index contributed by atoms with van der Waals surface area (Å²) in [5.74, 6) is 0. The van der Waals surface area contributed by atoms with Crippen molar-refractivity contribution in [3.8, 4) is 0 Å². The van der Waals surface area contributed by atoms with E-state index in [9.17, 15) is 0 Å². The third-order valence-electron chi connectivity index (χ3n) is 1.08. The second-order valence-corrected chi connectivity index (χ2v) is 4.11. The summed E-state index contributed by atoms with van der Waals surface area (Å²) in [7, 11) is -3.77. The van der Waals surface area contributed by atoms with Gasteiger partial charge >= 0.3 is 7.94 Å². The molecule has 72 valence electrons. The molecule has 0 aliphatic rings. The van der Waals surface area contributed by atoms with Gasteiger partial charge in [-0.1, -0.05) is 6.08 Å². The molecule has 0 heterocycles. The van der Waals surface area contributed by atoms with Gasteiger partial charge in [-0.3, -0.25) is 0 Å². The molecule has 4 N–H and O–H groups in total. The van der Waals surface area contributed by atoms with E-state index in [1.54, 1.807) is 0 Å². The molecule has 1 atom stereocenters. The molecule has 0 rings (SSSR count). The maximum absolute atomic E-state index is 8.96. The first-order valence-corrected chi connectivity index (χ1v) is 5.26. The van der Waals surface area contributed by atoms with Gasteiger partial charge in [0, 0.05) is 6.42 Å². The highest BCUT2D eigenvalue weighted by molar-refractivity contribution is 7.58. The largest absolute Gasteiger partial charge is 0.403 e. The highest BCUT2D eigenvalue weighted by Gasteiger charge is 2.30. The van der Waals surface area contributed by atoms with Crippen LogP contribution in [0.3, 0.4) is 0 Å². The Labute approximate surface area is 71.5 Å². The second-order valence-electron chi connectivity index (χ2n) is 2.28. The van der Waals surface area contributed by atoms with Crippen molar-refractivity contribution in [1.82, 2.24) is 0 Å². The summed E-state index contributed by atoms with van der Waals surface area (Å²) in [5, 5.41) is 8.96. The van der Waals surface area contributed by atoms with Crippen LogP contribution in [-0.4, -0.2) is 38.8 Å². The Hall–Kier alpha value is -0.0300. The lowest BCUT2D eigenvalue weighted by atomic mass is 10.5. The first-order chi connectivity index (χ1) is 5.45. The molecule has 0 aromatic carbocycles. The van der Waals surface area contributed by atoms with E-state index in [0.717, 1.165) is 0 Å². The van der Waals surface area contributed by atoms with Crippen LogP contribution < -0.4 is 0 Å². The fraction of sp³-hybridized carbons (Fsp3) is 0.667. The monoisotopic (exact) mass is 197 g/mol. The molecular formula is C6H14O5P+. The highest BCUT2D eigenvalue weighted by atomic mass is 31.2. The van der Waals surface area contributed by atoms with Crippen LogP contribution in [0.1, 0.15) is 6.42 Å². The average molecular weight is 197 g/mol. The van der Waals surface area contributed by atoms with Gasteiger partial charge in [0.1, 0.15) is 6.16 Å². The Balaban J connectivity index is 3.43. The van der Waals surface area contributed by atoms with Crippen molar-refractivity contribution in [2.75, 3.05) is 12.8 Å². The molecular weight excluding hydrogens is 183 g/mol. The maximum Gasteiger partial charge on any atom is 0.403 e. The van der Waals surface area contributed by atoms with Crippen LogP contribution in [0.4, 0.5) is 0 Å². The van der Waals surface area contributed by atoms with Crippen LogP contribution in [0.25, 0.3) is 0 Å². The Morgan fingerprint density at radius 1 is 1.42 bits per heavy atom. The number of aliphatic hydroxyl groups excluding tert-OH is 1. The molecule has 12 heavy (non-hydrogen) atoms. The molecule has 0 saturated carbocycles. The molecule has 1 unspecified atom stereocenters. The number of ether oxygens (including phenoxy) is 1. The average Bonchev–Trinajstić information content (AvgIpc) is 1.95. The van der Waals surface area contributed by atoms with Gasteiger partial charge in [-0.05, 0) is 0 Å². The van der Waals surface area contributed by atoms with Crippen LogP contribution in [0.15, 0.2) is 12.7 Å². The van der Waals surface area contributed by atoms with Gasteiger partial charge in [0.2, 0.25) is 0 Å². The molecule has 0 fully saturated rings. The predicted octanol–water partition coefficient (Wildman–Crippen LogP) is -0.363. The minimum absolute atomic E-state index is 0.00881. The number of aliphatic hydroxyl groups is 1. The molecule has 0 radical (unpaired) electrons. The smallest absolute Gasteiger partial charge is 0.368 e. The molecule has 0 amide bonds. The van der Waals surface area contributed by atoms with Gasteiger partial charge in [0.25, 0.3) is 0 Å². The van der Waals surface area contributed by atoms with E-state index in [1.165, 1.54) is 6.08 Å². The fourth-order valence-electron chi connectivity index (χ4n) is 0.546. The minimum Gasteiger partial charge on any atom is -0.368 e. The van der Waals surface area contributed by atoms with Crippen LogP contribution in [-0.2, 0) is 4.74 Å². The SMILES string of the molecule is C=CCOC(O)CC[P+](O)(O)O. The van der Waals surface area contributed by atoms with Crippen molar-refractivity contribution in [2.45, 2.75) is 12.7 Å². The summed E-state index contributed by atoms with van der Waals surface area (Å²) in [6, 6.07) is 0. The van der Waals surface area contributed by atoms with Crippen molar-refractivity contribution >= 4 is 7.94 Å². The molecule has 0 aromatic heterocycles. The van der Waals surface area contributed by atoms with Gasteiger partial charge < -0.3 is 9.84 Å². The third-order valence-corrected chi connectivity index (χ3v) is 1.94. The molecule has 0 spiro atoms. The van der Waals surface area contributed by atoms with Gasteiger partial charge in [-0.25, -0.2) is 0 Å². The predicted molar refractivity (Wildman–Crippen MR) is 45.2 cm³/mol. The number of rotatable bonds is 6. The van der Waals surface area contributed by atoms with Crippen LogP contribution in [0.5, 0.6) is 0 Å². The lowest BCUT2D eigenvalue weighted by molar-refractivity contribution is -0.0898. The zero-order chi connectivity index (χ0) is 9.61. The molecule has 6 heteroatoms. The van der Waals surface area contributed by atoms with Crippen molar-refractivity contribution < 1.29 is 24.5 Å². The van der Waals surface area contributed by atoms with Crippen LogP contribution in [0.2, 0.25) is 0 Å². The van der Waals surface area contributed by atoms with Gasteiger partial charge in [0.05, 0.1) is 6.61 Å². The fourth-order valence-corrected chi connectivity index (χ4v) is 1.11. The summed E-state index contributed by atoms with van der Waals surface area (Å²) in [6.07, 6.45) is 0.104. The molecule has 0 aromatic rings. The van der Waals surface area contributed by atoms with Crippen LogP contribution >= 0.6 is 7.94 Å². The molecule has 5 nitrogen and oxygen atoms in total. The van der Waals surface area contributed by atoms with Crippen molar-refractivity contribution in [3.05, 3.63) is 12.7 Å². The lowest BCUT2D eigenvalue weighted by Crippen LogP contribution is -2.14. The first-order valence-electron chi connectivity index (χ1n) is 3.42. The zero-order valence-electron chi connectivity index (χ0n) is 6.63. The van der Waals surface area contributed by atoms with Gasteiger partial charge in [-0.15, -0.1) is 6.58 Å². The second kappa shape index (κ2) is 5.59. The van der Waals surface area contributed by atoms with E-state index in [2.05, 4.69) is 6.58 Å². The summed E-state index contributed by atoms with van der Waals surface area (Å²) < 4.78 is 4.71. The quantitative estimate of drug-likeness (QED) is 0.265. The molecule has 0 saturated heterocycles. The molecule has 0 bridgehead atoms. The third kappa shape index (κ3) is 8.07. The Morgan fingerprint density at radius 2 is 2.00 bits per heavy atom. The molecule has 0 aliphatic heterocycles. The van der Waals surface area contributed by atoms with Crippen molar-refractivity contribution in [2.24, 2.45) is 0 Å². The minimum atomic E-state index is -3.77. The summed E-state index contributed by atoms with van der Waals surface area (Å²) in [4.78, 5) is 25.6. The number of hydrogen-bond donors (Lipinski definition) is 4. The van der Waals surface area contributed by atoms with E-state index in [1.807, 2.05) is 0 Å². The Morgan fingerprint density at radius 3 is 2.42 bits per heavy atom.